The summed E-state index contributed by atoms with van der Waals surface area (Å²) in [6, 6.07) is 6.44. The van der Waals surface area contributed by atoms with Crippen LogP contribution in [0.4, 0.5) is 14.5 Å². The Morgan fingerprint density at radius 3 is 2.56 bits per heavy atom. The maximum atomic E-state index is 13.6. The van der Waals surface area contributed by atoms with Crippen LogP contribution in [0.15, 0.2) is 30.3 Å². The van der Waals surface area contributed by atoms with Crippen LogP contribution in [0.3, 0.4) is 0 Å². The Hall–Kier alpha value is -2.50. The zero-order valence-corrected chi connectivity index (χ0v) is 9.15. The molecule has 1 heterocycles. The number of hydrogen-bond donors (Lipinski definition) is 2. The van der Waals surface area contributed by atoms with Crippen LogP contribution in [-0.2, 0) is 0 Å². The molecule has 0 bridgehead atoms. The molecule has 0 unspecified atom stereocenters. The highest BCUT2D eigenvalue weighted by atomic mass is 19.2. The minimum absolute atomic E-state index is 0.0579. The maximum absolute atomic E-state index is 13.6. The number of rotatable bonds is 2. The monoisotopic (exact) mass is 249 g/mol. The number of amides is 1. The normalized spacial score (nSPS) is 10.3. The first-order valence-electron chi connectivity index (χ1n) is 5.01. The Balaban J connectivity index is 2.62. The number of carbonyl (C=O) groups excluding carboxylic acids is 1. The molecular formula is C12H9F2N3O. The Morgan fingerprint density at radius 2 is 1.89 bits per heavy atom. The lowest BCUT2D eigenvalue weighted by molar-refractivity contribution is 0.0996. The van der Waals surface area contributed by atoms with E-state index in [2.05, 4.69) is 4.98 Å². The minimum atomic E-state index is -1.04. The van der Waals surface area contributed by atoms with Crippen molar-refractivity contribution in [1.29, 1.82) is 0 Å². The van der Waals surface area contributed by atoms with Crippen LogP contribution in [0.1, 0.15) is 10.5 Å². The number of aromatic nitrogens is 1. The van der Waals surface area contributed by atoms with E-state index in [1.54, 1.807) is 0 Å². The van der Waals surface area contributed by atoms with Gasteiger partial charge in [-0.15, -0.1) is 0 Å². The summed E-state index contributed by atoms with van der Waals surface area (Å²) in [5.41, 5.74) is 10.5. The van der Waals surface area contributed by atoms with Gasteiger partial charge in [0.25, 0.3) is 5.91 Å². The van der Waals surface area contributed by atoms with Crippen molar-refractivity contribution in [2.24, 2.45) is 5.73 Å². The van der Waals surface area contributed by atoms with Gasteiger partial charge in [-0.3, -0.25) is 4.79 Å². The van der Waals surface area contributed by atoms with E-state index in [1.165, 1.54) is 24.3 Å². The predicted octanol–water partition coefficient (Wildman–Crippen LogP) is 1.71. The Morgan fingerprint density at radius 1 is 1.17 bits per heavy atom. The number of anilines is 1. The van der Waals surface area contributed by atoms with Crippen LogP contribution < -0.4 is 11.5 Å². The molecule has 2 aromatic rings. The summed E-state index contributed by atoms with van der Waals surface area (Å²) in [5.74, 6) is -2.86. The molecule has 0 radical (unpaired) electrons. The van der Waals surface area contributed by atoms with Gasteiger partial charge < -0.3 is 11.5 Å². The molecule has 92 valence electrons. The first-order valence-corrected chi connectivity index (χ1v) is 5.01. The smallest absolute Gasteiger partial charge is 0.269 e. The lowest BCUT2D eigenvalue weighted by Gasteiger charge is -2.06. The lowest BCUT2D eigenvalue weighted by Crippen LogP contribution is -2.16. The number of carbonyl (C=O) groups is 1. The molecule has 18 heavy (non-hydrogen) atoms. The molecule has 6 heteroatoms. The zero-order valence-electron chi connectivity index (χ0n) is 9.15. The molecule has 2 rings (SSSR count). The summed E-state index contributed by atoms with van der Waals surface area (Å²) < 4.78 is 26.6. The first kappa shape index (κ1) is 12.0. The quantitative estimate of drug-likeness (QED) is 0.849. The topological polar surface area (TPSA) is 82.0 Å². The van der Waals surface area contributed by atoms with Crippen LogP contribution in [0.25, 0.3) is 11.3 Å². The van der Waals surface area contributed by atoms with Gasteiger partial charge in [-0.25, -0.2) is 13.8 Å². The van der Waals surface area contributed by atoms with Crippen molar-refractivity contribution < 1.29 is 13.6 Å². The van der Waals surface area contributed by atoms with Crippen molar-refractivity contribution in [3.8, 4) is 11.3 Å². The molecule has 0 saturated carbocycles. The molecule has 4 N–H and O–H groups in total. The van der Waals surface area contributed by atoms with E-state index >= 15 is 0 Å². The van der Waals surface area contributed by atoms with E-state index < -0.39 is 17.5 Å². The average Bonchev–Trinajstić information content (AvgIpc) is 2.33. The third kappa shape index (κ3) is 2.00. The fraction of sp³-hybridized carbons (Fsp3) is 0. The summed E-state index contributed by atoms with van der Waals surface area (Å²) in [7, 11) is 0. The van der Waals surface area contributed by atoms with E-state index in [0.29, 0.717) is 0 Å². The highest BCUT2D eigenvalue weighted by molar-refractivity contribution is 5.96. The van der Waals surface area contributed by atoms with Crippen molar-refractivity contribution in [2.45, 2.75) is 0 Å². The van der Waals surface area contributed by atoms with E-state index in [9.17, 15) is 13.6 Å². The molecular weight excluding hydrogens is 240 g/mol. The molecule has 0 aliphatic rings. The molecule has 1 amide bonds. The summed E-state index contributed by atoms with van der Waals surface area (Å²) in [4.78, 5) is 14.9. The van der Waals surface area contributed by atoms with Crippen LogP contribution in [0.5, 0.6) is 0 Å². The molecule has 1 aromatic carbocycles. The molecule has 0 spiro atoms. The van der Waals surface area contributed by atoms with E-state index in [4.69, 9.17) is 11.5 Å². The third-order valence-corrected chi connectivity index (χ3v) is 2.39. The van der Waals surface area contributed by atoms with Gasteiger partial charge in [-0.2, -0.15) is 0 Å². The molecule has 0 aliphatic heterocycles. The predicted molar refractivity (Wildman–Crippen MR) is 62.5 cm³/mol. The van der Waals surface area contributed by atoms with E-state index in [0.717, 1.165) is 6.07 Å². The van der Waals surface area contributed by atoms with Gasteiger partial charge >= 0.3 is 0 Å². The second-order valence-electron chi connectivity index (χ2n) is 3.60. The lowest BCUT2D eigenvalue weighted by atomic mass is 10.1. The number of primary amides is 1. The Bertz CT molecular complexity index is 629. The van der Waals surface area contributed by atoms with Crippen molar-refractivity contribution >= 4 is 11.6 Å². The van der Waals surface area contributed by atoms with Crippen molar-refractivity contribution in [2.75, 3.05) is 5.73 Å². The highest BCUT2D eigenvalue weighted by Crippen LogP contribution is 2.24. The maximum Gasteiger partial charge on any atom is 0.269 e. The van der Waals surface area contributed by atoms with Gasteiger partial charge in [0.1, 0.15) is 0 Å². The van der Waals surface area contributed by atoms with Crippen LogP contribution in [0.2, 0.25) is 0 Å². The Kier molecular flexibility index (Phi) is 2.93. The van der Waals surface area contributed by atoms with Crippen molar-refractivity contribution in [3.05, 3.63) is 47.7 Å². The van der Waals surface area contributed by atoms with Gasteiger partial charge in [0.2, 0.25) is 0 Å². The minimum Gasteiger partial charge on any atom is -0.397 e. The summed E-state index contributed by atoms with van der Waals surface area (Å²) in [6.07, 6.45) is 0. The summed E-state index contributed by atoms with van der Waals surface area (Å²) >= 11 is 0. The third-order valence-electron chi connectivity index (χ3n) is 2.39. The first-order chi connectivity index (χ1) is 8.50. The van der Waals surface area contributed by atoms with Gasteiger partial charge in [-0.05, 0) is 24.3 Å². The number of nitrogens with zero attached hydrogens (tertiary/aromatic N) is 1. The zero-order chi connectivity index (χ0) is 13.3. The van der Waals surface area contributed by atoms with Crippen molar-refractivity contribution in [1.82, 2.24) is 4.98 Å². The summed E-state index contributed by atoms with van der Waals surface area (Å²) in [6.45, 7) is 0. The van der Waals surface area contributed by atoms with Gasteiger partial charge in [0.05, 0.1) is 11.4 Å². The molecule has 1 aromatic heterocycles. The number of benzene rings is 1. The van der Waals surface area contributed by atoms with E-state index in [-0.39, 0.29) is 22.6 Å². The van der Waals surface area contributed by atoms with Gasteiger partial charge in [0, 0.05) is 5.56 Å². The average molecular weight is 249 g/mol. The second-order valence-corrected chi connectivity index (χ2v) is 3.60. The standard InChI is InChI=1S/C12H9F2N3O/c13-7-3-1-2-6(10(7)14)9-5-4-8(15)11(17-9)12(16)18/h1-5H,15H2,(H2,16,18). The van der Waals surface area contributed by atoms with Gasteiger partial charge in [0.15, 0.2) is 17.3 Å². The fourth-order valence-corrected chi connectivity index (χ4v) is 1.52. The molecule has 0 atom stereocenters. The molecule has 0 fully saturated rings. The number of nitrogens with two attached hydrogens (primary N) is 2. The largest absolute Gasteiger partial charge is 0.397 e. The van der Waals surface area contributed by atoms with Crippen molar-refractivity contribution in [3.63, 3.8) is 0 Å². The SMILES string of the molecule is NC(=O)c1nc(-c2cccc(F)c2F)ccc1N. The number of hydrogen-bond acceptors (Lipinski definition) is 3. The van der Waals surface area contributed by atoms with E-state index in [1.807, 2.05) is 0 Å². The molecule has 0 aliphatic carbocycles. The highest BCUT2D eigenvalue weighted by Gasteiger charge is 2.14. The van der Waals surface area contributed by atoms with Gasteiger partial charge in [-0.1, -0.05) is 6.07 Å². The Labute approximate surface area is 101 Å². The van der Waals surface area contributed by atoms with Crippen LogP contribution >= 0.6 is 0 Å². The number of halogens is 2. The van der Waals surface area contributed by atoms with Crippen LogP contribution in [0, 0.1) is 11.6 Å². The summed E-state index contributed by atoms with van der Waals surface area (Å²) in [5, 5.41) is 0. The second kappa shape index (κ2) is 4.40. The molecule has 4 nitrogen and oxygen atoms in total. The number of nitrogen functional groups attached to an aromatic ring is 1. The fourth-order valence-electron chi connectivity index (χ4n) is 1.52. The number of pyridine rings is 1. The van der Waals surface area contributed by atoms with Crippen LogP contribution in [-0.4, -0.2) is 10.9 Å². The molecule has 0 saturated heterocycles.